The zero-order chi connectivity index (χ0) is 31.6. The monoisotopic (exact) mass is 619 g/mol. The lowest BCUT2D eigenvalue weighted by atomic mass is 10.0. The van der Waals surface area contributed by atoms with Gasteiger partial charge >= 0.3 is 6.09 Å². The highest BCUT2D eigenvalue weighted by atomic mass is 28.3. The number of amides is 1. The molecule has 1 aliphatic rings. The molecule has 1 aromatic carbocycles. The molecule has 44 heavy (non-hydrogen) atoms. The maximum Gasteiger partial charge on any atom is 0.410 e. The van der Waals surface area contributed by atoms with Gasteiger partial charge in [-0.15, -0.1) is 10.2 Å². The van der Waals surface area contributed by atoms with E-state index in [-0.39, 0.29) is 12.1 Å². The summed E-state index contributed by atoms with van der Waals surface area (Å²) in [6, 6.07) is 9.45. The molecule has 4 aromatic rings. The number of rotatable bonds is 9. The first-order valence-corrected chi connectivity index (χ1v) is 19.0. The minimum absolute atomic E-state index is 0.250. The molecule has 1 saturated heterocycles. The van der Waals surface area contributed by atoms with Crippen molar-refractivity contribution in [2.75, 3.05) is 31.6 Å². The fourth-order valence-corrected chi connectivity index (χ4v) is 6.09. The summed E-state index contributed by atoms with van der Waals surface area (Å²) in [5.74, 6) is 0.792. The highest BCUT2D eigenvalue weighted by molar-refractivity contribution is 6.76. The van der Waals surface area contributed by atoms with E-state index in [1.807, 2.05) is 70.0 Å². The lowest BCUT2D eigenvalue weighted by molar-refractivity contribution is 0.0205. The number of carbonyl (C=O) groups is 1. The van der Waals surface area contributed by atoms with Gasteiger partial charge in [-0.25, -0.2) is 9.48 Å². The third kappa shape index (κ3) is 7.44. The van der Waals surface area contributed by atoms with Crippen molar-refractivity contribution in [1.29, 1.82) is 0 Å². The lowest BCUT2D eigenvalue weighted by Crippen LogP contribution is -2.47. The lowest BCUT2D eigenvalue weighted by Gasteiger charge is -2.37. The second kappa shape index (κ2) is 12.6. The Kier molecular flexibility index (Phi) is 9.07. The SMILES string of the molecule is CN(c1ccc(-c2ccc(-c3cnn(C)n3)c3cnn(COCC[Si](C)(C)C)c23)nn1)C1CCN(C(=O)OC(C)(C)C)CC1. The van der Waals surface area contributed by atoms with E-state index in [2.05, 4.69) is 44.9 Å². The minimum Gasteiger partial charge on any atom is -0.444 e. The summed E-state index contributed by atoms with van der Waals surface area (Å²) >= 11 is 0. The molecule has 13 heteroatoms. The summed E-state index contributed by atoms with van der Waals surface area (Å²) in [6.45, 7) is 15.1. The molecule has 0 saturated carbocycles. The fourth-order valence-electron chi connectivity index (χ4n) is 5.33. The van der Waals surface area contributed by atoms with Crippen LogP contribution in [0.15, 0.2) is 36.7 Å². The second-order valence-electron chi connectivity index (χ2n) is 13.7. The van der Waals surface area contributed by atoms with E-state index in [0.717, 1.165) is 58.1 Å². The molecule has 236 valence electrons. The quantitative estimate of drug-likeness (QED) is 0.178. The van der Waals surface area contributed by atoms with E-state index < -0.39 is 13.7 Å². The van der Waals surface area contributed by atoms with Crippen molar-refractivity contribution >= 4 is 30.9 Å². The number of benzene rings is 1. The van der Waals surface area contributed by atoms with Gasteiger partial charge < -0.3 is 19.3 Å². The summed E-state index contributed by atoms with van der Waals surface area (Å²) in [4.78, 5) is 18.0. The van der Waals surface area contributed by atoms with Gasteiger partial charge in [-0.2, -0.15) is 20.1 Å². The van der Waals surface area contributed by atoms with E-state index in [4.69, 9.17) is 14.6 Å². The normalized spacial score (nSPS) is 14.8. The number of aromatic nitrogens is 7. The Morgan fingerprint density at radius 1 is 1.00 bits per heavy atom. The molecule has 4 heterocycles. The molecule has 1 fully saturated rings. The van der Waals surface area contributed by atoms with Gasteiger partial charge in [0.15, 0.2) is 5.82 Å². The van der Waals surface area contributed by atoms with E-state index in [0.29, 0.717) is 26.4 Å². The molecule has 0 spiro atoms. The molecule has 0 atom stereocenters. The predicted molar refractivity (Wildman–Crippen MR) is 174 cm³/mol. The number of piperidine rings is 1. The zero-order valence-corrected chi connectivity index (χ0v) is 28.2. The smallest absolute Gasteiger partial charge is 0.410 e. The molecular weight excluding hydrogens is 574 g/mol. The standard InChI is InChI=1S/C31H45N9O3Si/c1-31(2,3)43-30(41)39-15-13-22(14-16-39)37(4)28-12-11-26(34-35-28)24-10-9-23(27-20-32-38(5)36-27)25-19-33-40(29(24)25)21-42-17-18-44(6,7)8/h9-12,19-20,22H,13-18,21H2,1-8H3. The van der Waals surface area contributed by atoms with Crippen molar-refractivity contribution in [1.82, 2.24) is 39.9 Å². The number of aryl methyl sites for hydroxylation is 1. The number of anilines is 1. The van der Waals surface area contributed by atoms with Crippen molar-refractivity contribution in [2.45, 2.75) is 77.7 Å². The first-order chi connectivity index (χ1) is 20.8. The van der Waals surface area contributed by atoms with Gasteiger partial charge in [0.05, 0.1) is 23.6 Å². The van der Waals surface area contributed by atoms with Crippen LogP contribution in [0.1, 0.15) is 33.6 Å². The molecule has 3 aromatic heterocycles. The van der Waals surface area contributed by atoms with E-state index in [1.54, 1.807) is 15.9 Å². The first-order valence-electron chi connectivity index (χ1n) is 15.3. The number of carbonyl (C=O) groups excluding carboxylic acids is 1. The highest BCUT2D eigenvalue weighted by Gasteiger charge is 2.29. The van der Waals surface area contributed by atoms with Gasteiger partial charge in [0, 0.05) is 64.4 Å². The van der Waals surface area contributed by atoms with Crippen LogP contribution in [-0.4, -0.2) is 92.4 Å². The van der Waals surface area contributed by atoms with E-state index in [1.165, 1.54) is 0 Å². The number of nitrogens with zero attached hydrogens (tertiary/aromatic N) is 9. The van der Waals surface area contributed by atoms with Crippen molar-refractivity contribution in [3.8, 4) is 22.5 Å². The molecule has 5 rings (SSSR count). The zero-order valence-electron chi connectivity index (χ0n) is 27.2. The topological polar surface area (TPSA) is 116 Å². The summed E-state index contributed by atoms with van der Waals surface area (Å²) in [6.07, 6.45) is 5.05. The van der Waals surface area contributed by atoms with Crippen LogP contribution in [0.5, 0.6) is 0 Å². The average molecular weight is 620 g/mol. The Morgan fingerprint density at radius 2 is 1.73 bits per heavy atom. The van der Waals surface area contributed by atoms with Gasteiger partial charge in [-0.05, 0) is 57.9 Å². The Morgan fingerprint density at radius 3 is 2.34 bits per heavy atom. The number of ether oxygens (including phenoxy) is 2. The predicted octanol–water partition coefficient (Wildman–Crippen LogP) is 5.44. The summed E-state index contributed by atoms with van der Waals surface area (Å²) in [5.41, 5.74) is 3.83. The maximum atomic E-state index is 12.5. The van der Waals surface area contributed by atoms with Gasteiger partial charge in [0.1, 0.15) is 18.0 Å². The maximum absolute atomic E-state index is 12.5. The molecule has 0 N–H and O–H groups in total. The summed E-state index contributed by atoms with van der Waals surface area (Å²) in [5, 5.41) is 23.8. The van der Waals surface area contributed by atoms with E-state index in [9.17, 15) is 4.79 Å². The summed E-state index contributed by atoms with van der Waals surface area (Å²) in [7, 11) is 2.64. The first kappa shape index (κ1) is 31.6. The van der Waals surface area contributed by atoms with Crippen LogP contribution in [0.25, 0.3) is 33.4 Å². The number of hydrogen-bond acceptors (Lipinski definition) is 9. The van der Waals surface area contributed by atoms with Gasteiger partial charge in [-0.1, -0.05) is 25.7 Å². The Hall–Kier alpha value is -3.84. The minimum atomic E-state index is -1.21. The molecular formula is C31H45N9O3Si. The summed E-state index contributed by atoms with van der Waals surface area (Å²) < 4.78 is 13.5. The Labute approximate surface area is 260 Å². The van der Waals surface area contributed by atoms with Crippen molar-refractivity contribution in [3.05, 3.63) is 36.7 Å². The number of hydrogen-bond donors (Lipinski definition) is 0. The Bertz CT molecular complexity index is 1580. The van der Waals surface area contributed by atoms with Crippen LogP contribution >= 0.6 is 0 Å². The largest absolute Gasteiger partial charge is 0.444 e. The van der Waals surface area contributed by atoms with Crippen LogP contribution < -0.4 is 4.90 Å². The van der Waals surface area contributed by atoms with Crippen LogP contribution in [0.3, 0.4) is 0 Å². The van der Waals surface area contributed by atoms with Crippen LogP contribution in [-0.2, 0) is 23.3 Å². The number of fused-ring (bicyclic) bond motifs is 1. The van der Waals surface area contributed by atoms with Gasteiger partial charge in [-0.3, -0.25) is 0 Å². The molecule has 0 radical (unpaired) electrons. The Balaban J connectivity index is 1.35. The van der Waals surface area contributed by atoms with Crippen LogP contribution in [0, 0.1) is 0 Å². The van der Waals surface area contributed by atoms with Crippen molar-refractivity contribution in [3.63, 3.8) is 0 Å². The molecule has 1 aliphatic heterocycles. The molecule has 12 nitrogen and oxygen atoms in total. The third-order valence-electron chi connectivity index (χ3n) is 7.84. The molecule has 0 unspecified atom stereocenters. The van der Waals surface area contributed by atoms with Gasteiger partial charge in [0.2, 0.25) is 0 Å². The van der Waals surface area contributed by atoms with Crippen molar-refractivity contribution in [2.24, 2.45) is 7.05 Å². The second-order valence-corrected chi connectivity index (χ2v) is 19.3. The van der Waals surface area contributed by atoms with Crippen LogP contribution in [0.4, 0.5) is 10.6 Å². The van der Waals surface area contributed by atoms with E-state index >= 15 is 0 Å². The molecule has 0 aliphatic carbocycles. The van der Waals surface area contributed by atoms with Crippen LogP contribution in [0.2, 0.25) is 25.7 Å². The highest BCUT2D eigenvalue weighted by Crippen LogP contribution is 2.35. The molecule has 1 amide bonds. The van der Waals surface area contributed by atoms with Gasteiger partial charge in [0.25, 0.3) is 0 Å². The number of likely N-dealkylation sites (tertiary alicyclic amines) is 1. The third-order valence-corrected chi connectivity index (χ3v) is 9.54. The van der Waals surface area contributed by atoms with Crippen molar-refractivity contribution < 1.29 is 14.3 Å². The fraction of sp³-hybridized carbons (Fsp3) is 0.548. The average Bonchev–Trinajstić information content (AvgIpc) is 3.60. The molecule has 0 bridgehead atoms.